The quantitative estimate of drug-likeness (QED) is 0.867. The first-order chi connectivity index (χ1) is 10.2. The van der Waals surface area contributed by atoms with Gasteiger partial charge in [-0.05, 0) is 44.9 Å². The molecule has 1 amide bonds. The van der Waals surface area contributed by atoms with E-state index in [0.717, 1.165) is 11.1 Å². The van der Waals surface area contributed by atoms with Crippen LogP contribution < -0.4 is 5.32 Å². The predicted octanol–water partition coefficient (Wildman–Crippen LogP) is 3.32. The topological polar surface area (TPSA) is 64.6 Å². The normalized spacial score (nSPS) is 11.3. The van der Waals surface area contributed by atoms with Crippen molar-refractivity contribution in [3.05, 3.63) is 41.0 Å². The largest absolute Gasteiger partial charge is 0.465 e. The van der Waals surface area contributed by atoms with Crippen molar-refractivity contribution in [2.75, 3.05) is 13.7 Å². The SMILES string of the molecule is COC(=O)c1cc(C=CCNC(=O)OC(C)(C)C)ccc1C. The van der Waals surface area contributed by atoms with Crippen LogP contribution in [0.15, 0.2) is 24.3 Å². The Morgan fingerprint density at radius 1 is 1.27 bits per heavy atom. The zero-order valence-corrected chi connectivity index (χ0v) is 13.7. The van der Waals surface area contributed by atoms with Gasteiger partial charge in [-0.15, -0.1) is 0 Å². The zero-order chi connectivity index (χ0) is 16.8. The maximum absolute atomic E-state index is 11.6. The fourth-order valence-corrected chi connectivity index (χ4v) is 1.72. The molecule has 1 rings (SSSR count). The van der Waals surface area contributed by atoms with Gasteiger partial charge in [0.15, 0.2) is 0 Å². The Hall–Kier alpha value is -2.30. The predicted molar refractivity (Wildman–Crippen MR) is 85.8 cm³/mol. The van der Waals surface area contributed by atoms with Crippen LogP contribution in [0.2, 0.25) is 0 Å². The third-order valence-electron chi connectivity index (χ3n) is 2.74. The van der Waals surface area contributed by atoms with Gasteiger partial charge >= 0.3 is 12.1 Å². The number of aryl methyl sites for hydroxylation is 1. The van der Waals surface area contributed by atoms with Crippen LogP contribution in [0, 0.1) is 6.92 Å². The first kappa shape index (κ1) is 17.8. The van der Waals surface area contributed by atoms with Crippen LogP contribution in [0.3, 0.4) is 0 Å². The van der Waals surface area contributed by atoms with Crippen LogP contribution in [0.5, 0.6) is 0 Å². The number of benzene rings is 1. The number of carbonyl (C=O) groups is 2. The number of amides is 1. The van der Waals surface area contributed by atoms with Crippen molar-refractivity contribution in [1.82, 2.24) is 5.32 Å². The third-order valence-corrected chi connectivity index (χ3v) is 2.74. The van der Waals surface area contributed by atoms with Gasteiger partial charge in [-0.2, -0.15) is 0 Å². The van der Waals surface area contributed by atoms with Crippen molar-refractivity contribution in [1.29, 1.82) is 0 Å². The molecular formula is C17H23NO4. The maximum Gasteiger partial charge on any atom is 0.407 e. The molecule has 0 heterocycles. The molecule has 5 heteroatoms. The lowest BCUT2D eigenvalue weighted by molar-refractivity contribution is 0.0532. The lowest BCUT2D eigenvalue weighted by Gasteiger charge is -2.19. The summed E-state index contributed by atoms with van der Waals surface area (Å²) in [6.07, 6.45) is 3.15. The molecule has 0 spiro atoms. The molecule has 0 bridgehead atoms. The molecule has 0 saturated carbocycles. The monoisotopic (exact) mass is 305 g/mol. The van der Waals surface area contributed by atoms with Crippen LogP contribution in [0.4, 0.5) is 4.79 Å². The molecule has 0 aliphatic heterocycles. The number of ether oxygens (including phenoxy) is 2. The number of nitrogens with one attached hydrogen (secondary N) is 1. The van der Waals surface area contributed by atoms with Crippen molar-refractivity contribution in [3.8, 4) is 0 Å². The lowest BCUT2D eigenvalue weighted by Crippen LogP contribution is -2.32. The first-order valence-corrected chi connectivity index (χ1v) is 7.05. The second-order valence-electron chi connectivity index (χ2n) is 5.85. The highest BCUT2D eigenvalue weighted by Crippen LogP contribution is 2.13. The maximum atomic E-state index is 11.6. The number of alkyl carbamates (subject to hydrolysis) is 1. The van der Waals surface area contributed by atoms with Crippen molar-refractivity contribution in [2.24, 2.45) is 0 Å². The number of carbonyl (C=O) groups excluding carboxylic acids is 2. The van der Waals surface area contributed by atoms with Crippen LogP contribution >= 0.6 is 0 Å². The molecule has 0 aliphatic rings. The van der Waals surface area contributed by atoms with Gasteiger partial charge in [0.05, 0.1) is 12.7 Å². The number of methoxy groups -OCH3 is 1. The van der Waals surface area contributed by atoms with Crippen LogP contribution in [-0.2, 0) is 9.47 Å². The fraction of sp³-hybridized carbons (Fsp3) is 0.412. The average molecular weight is 305 g/mol. The number of hydrogen-bond donors (Lipinski definition) is 1. The molecule has 0 atom stereocenters. The van der Waals surface area contributed by atoms with Crippen LogP contribution in [-0.4, -0.2) is 31.3 Å². The summed E-state index contributed by atoms with van der Waals surface area (Å²) in [4.78, 5) is 23.1. The minimum atomic E-state index is -0.514. The van der Waals surface area contributed by atoms with Crippen molar-refractivity contribution < 1.29 is 19.1 Å². The summed E-state index contributed by atoms with van der Waals surface area (Å²) >= 11 is 0. The first-order valence-electron chi connectivity index (χ1n) is 7.05. The van der Waals surface area contributed by atoms with E-state index >= 15 is 0 Å². The van der Waals surface area contributed by atoms with Gasteiger partial charge < -0.3 is 14.8 Å². The van der Waals surface area contributed by atoms with E-state index in [1.807, 2.05) is 45.9 Å². The van der Waals surface area contributed by atoms with Gasteiger partial charge in [0, 0.05) is 6.54 Å². The lowest BCUT2D eigenvalue weighted by atomic mass is 10.0. The molecule has 1 aromatic carbocycles. The van der Waals surface area contributed by atoms with Crippen LogP contribution in [0.1, 0.15) is 42.3 Å². The standard InChI is InChI=1S/C17H23NO4/c1-12-8-9-13(11-14(12)15(19)21-5)7-6-10-18-16(20)22-17(2,3)4/h6-9,11H,10H2,1-5H3,(H,18,20). The van der Waals surface area contributed by atoms with Crippen molar-refractivity contribution >= 4 is 18.1 Å². The highest BCUT2D eigenvalue weighted by molar-refractivity contribution is 5.91. The fourth-order valence-electron chi connectivity index (χ4n) is 1.72. The van der Waals surface area contributed by atoms with Gasteiger partial charge in [-0.1, -0.05) is 24.3 Å². The molecule has 0 saturated heterocycles. The van der Waals surface area contributed by atoms with E-state index in [-0.39, 0.29) is 5.97 Å². The molecule has 5 nitrogen and oxygen atoms in total. The Labute approximate surface area is 131 Å². The van der Waals surface area contributed by atoms with Crippen molar-refractivity contribution in [2.45, 2.75) is 33.3 Å². The van der Waals surface area contributed by atoms with E-state index < -0.39 is 11.7 Å². The minimum absolute atomic E-state index is 0.344. The van der Waals surface area contributed by atoms with E-state index in [9.17, 15) is 9.59 Å². The molecule has 0 radical (unpaired) electrons. The Kier molecular flexibility index (Phi) is 6.16. The molecule has 0 fully saturated rings. The van der Waals surface area contributed by atoms with Gasteiger partial charge in [-0.25, -0.2) is 9.59 Å². The average Bonchev–Trinajstić information content (AvgIpc) is 2.42. The van der Waals surface area contributed by atoms with Gasteiger partial charge in [0.1, 0.15) is 5.60 Å². The molecular weight excluding hydrogens is 282 g/mol. The Bertz CT molecular complexity index is 571. The number of rotatable bonds is 4. The molecule has 1 aromatic rings. The molecule has 1 N–H and O–H groups in total. The van der Waals surface area contributed by atoms with E-state index in [1.54, 1.807) is 12.1 Å². The summed E-state index contributed by atoms with van der Waals surface area (Å²) in [5.74, 6) is -0.361. The van der Waals surface area contributed by atoms with E-state index in [1.165, 1.54) is 7.11 Å². The van der Waals surface area contributed by atoms with E-state index in [2.05, 4.69) is 5.32 Å². The smallest absolute Gasteiger partial charge is 0.407 e. The van der Waals surface area contributed by atoms with Gasteiger partial charge in [0.2, 0.25) is 0 Å². The molecule has 0 aliphatic carbocycles. The zero-order valence-electron chi connectivity index (χ0n) is 13.7. The minimum Gasteiger partial charge on any atom is -0.465 e. The molecule has 120 valence electrons. The number of esters is 1. The highest BCUT2D eigenvalue weighted by atomic mass is 16.6. The second-order valence-corrected chi connectivity index (χ2v) is 5.85. The Morgan fingerprint density at radius 2 is 1.95 bits per heavy atom. The molecule has 0 unspecified atom stereocenters. The Morgan fingerprint density at radius 3 is 2.55 bits per heavy atom. The van der Waals surface area contributed by atoms with E-state index in [4.69, 9.17) is 9.47 Å². The highest BCUT2D eigenvalue weighted by Gasteiger charge is 2.15. The summed E-state index contributed by atoms with van der Waals surface area (Å²) < 4.78 is 9.86. The van der Waals surface area contributed by atoms with E-state index in [0.29, 0.717) is 12.1 Å². The second kappa shape index (κ2) is 7.64. The summed E-state index contributed by atoms with van der Waals surface area (Å²) in [5.41, 5.74) is 1.73. The van der Waals surface area contributed by atoms with Crippen LogP contribution in [0.25, 0.3) is 6.08 Å². The Balaban J connectivity index is 2.60. The van der Waals surface area contributed by atoms with Crippen molar-refractivity contribution in [3.63, 3.8) is 0 Å². The number of hydrogen-bond acceptors (Lipinski definition) is 4. The third kappa shape index (κ3) is 5.99. The van der Waals surface area contributed by atoms with Gasteiger partial charge in [0.25, 0.3) is 0 Å². The molecule has 22 heavy (non-hydrogen) atoms. The molecule has 0 aromatic heterocycles. The summed E-state index contributed by atoms with van der Waals surface area (Å²) in [6, 6.07) is 5.50. The van der Waals surface area contributed by atoms with Gasteiger partial charge in [-0.3, -0.25) is 0 Å². The summed E-state index contributed by atoms with van der Waals surface area (Å²) in [6.45, 7) is 7.62. The summed E-state index contributed by atoms with van der Waals surface area (Å²) in [7, 11) is 1.36. The summed E-state index contributed by atoms with van der Waals surface area (Å²) in [5, 5.41) is 2.63.